The smallest absolute Gasteiger partial charge is 0.0405 e. The zero-order valence-electron chi connectivity index (χ0n) is 10.4. The van der Waals surface area contributed by atoms with Crippen molar-refractivity contribution in [1.82, 2.24) is 4.90 Å². The van der Waals surface area contributed by atoms with E-state index in [2.05, 4.69) is 48.6 Å². The Morgan fingerprint density at radius 2 is 1.89 bits per heavy atom. The van der Waals surface area contributed by atoms with Crippen LogP contribution in [0.3, 0.4) is 0 Å². The Morgan fingerprint density at radius 1 is 1.17 bits per heavy atom. The lowest BCUT2D eigenvalue weighted by atomic mass is 10.1. The molecule has 0 saturated carbocycles. The lowest BCUT2D eigenvalue weighted by molar-refractivity contribution is 0.402. The van der Waals surface area contributed by atoms with Crippen molar-refractivity contribution in [2.75, 3.05) is 19.8 Å². The molecule has 18 heavy (non-hydrogen) atoms. The van der Waals surface area contributed by atoms with E-state index < -0.39 is 0 Å². The summed E-state index contributed by atoms with van der Waals surface area (Å²) in [5, 5.41) is 2.07. The van der Waals surface area contributed by atoms with Gasteiger partial charge in [0, 0.05) is 22.7 Å². The Labute approximate surface area is 125 Å². The van der Waals surface area contributed by atoms with E-state index in [1.165, 1.54) is 10.4 Å². The van der Waals surface area contributed by atoms with Crippen molar-refractivity contribution in [3.63, 3.8) is 0 Å². The first-order valence-electron chi connectivity index (χ1n) is 5.24. The number of hydrogen-bond donors (Lipinski definition) is 1. The van der Waals surface area contributed by atoms with Gasteiger partial charge in [-0.1, -0.05) is 18.2 Å². The molecule has 2 rings (SSSR count). The van der Waals surface area contributed by atoms with Crippen LogP contribution in [0.15, 0.2) is 35.7 Å². The van der Waals surface area contributed by atoms with E-state index in [1.807, 2.05) is 6.07 Å². The van der Waals surface area contributed by atoms with Gasteiger partial charge in [-0.05, 0) is 37.2 Å². The molecule has 0 saturated heterocycles. The maximum absolute atomic E-state index is 6.08. The number of rotatable bonds is 3. The first-order chi connectivity index (χ1) is 7.66. The van der Waals surface area contributed by atoms with Crippen LogP contribution in [0.1, 0.15) is 5.56 Å². The first kappa shape index (κ1) is 17.3. The van der Waals surface area contributed by atoms with Gasteiger partial charge < -0.3 is 10.6 Å². The molecule has 0 bridgehead atoms. The Bertz CT molecular complexity index is 470. The Hall–Kier alpha value is -0.740. The number of halogens is 2. The van der Waals surface area contributed by atoms with E-state index >= 15 is 0 Å². The highest BCUT2D eigenvalue weighted by Gasteiger charge is 2.04. The van der Waals surface area contributed by atoms with Crippen molar-refractivity contribution in [3.8, 4) is 10.4 Å². The molecule has 0 amide bonds. The molecule has 0 unspecified atom stereocenters. The molecule has 5 heteroatoms. The Balaban J connectivity index is 0.00000144. The molecule has 0 radical (unpaired) electrons. The van der Waals surface area contributed by atoms with Gasteiger partial charge in [-0.15, -0.1) is 36.2 Å². The van der Waals surface area contributed by atoms with Crippen LogP contribution in [-0.4, -0.2) is 19.0 Å². The van der Waals surface area contributed by atoms with Crippen LogP contribution in [0.5, 0.6) is 0 Å². The molecule has 1 aromatic carbocycles. The zero-order valence-corrected chi connectivity index (χ0v) is 12.9. The molecule has 0 aliphatic carbocycles. The highest BCUT2D eigenvalue weighted by Crippen LogP contribution is 2.30. The maximum atomic E-state index is 6.08. The summed E-state index contributed by atoms with van der Waals surface area (Å²) in [7, 11) is 4.12. The number of anilines is 1. The molecule has 2 nitrogen and oxygen atoms in total. The summed E-state index contributed by atoms with van der Waals surface area (Å²) < 4.78 is 0. The third-order valence-electron chi connectivity index (χ3n) is 2.40. The Morgan fingerprint density at radius 3 is 2.39 bits per heavy atom. The molecule has 2 N–H and O–H groups in total. The normalized spacial score (nSPS) is 9.72. The first-order valence-corrected chi connectivity index (χ1v) is 6.12. The summed E-state index contributed by atoms with van der Waals surface area (Å²) in [5.41, 5.74) is 9.33. The van der Waals surface area contributed by atoms with Gasteiger partial charge in [0.1, 0.15) is 0 Å². The van der Waals surface area contributed by atoms with Crippen molar-refractivity contribution in [3.05, 3.63) is 41.3 Å². The zero-order chi connectivity index (χ0) is 11.5. The van der Waals surface area contributed by atoms with Crippen LogP contribution < -0.4 is 5.73 Å². The molecule has 100 valence electrons. The molecule has 0 aliphatic rings. The van der Waals surface area contributed by atoms with Gasteiger partial charge in [0.05, 0.1) is 0 Å². The molecule has 0 fully saturated rings. The minimum atomic E-state index is 0. The number of benzene rings is 1. The molecule has 2 aromatic rings. The van der Waals surface area contributed by atoms with Gasteiger partial charge in [-0.3, -0.25) is 0 Å². The van der Waals surface area contributed by atoms with E-state index in [9.17, 15) is 0 Å². The Kier molecular flexibility index (Phi) is 7.33. The number of hydrogen-bond acceptors (Lipinski definition) is 3. The third kappa shape index (κ3) is 4.18. The van der Waals surface area contributed by atoms with Crippen molar-refractivity contribution < 1.29 is 0 Å². The summed E-state index contributed by atoms with van der Waals surface area (Å²) >= 11 is 1.72. The fraction of sp³-hybridized carbons (Fsp3) is 0.231. The third-order valence-corrected chi connectivity index (χ3v) is 3.30. The number of nitrogens with two attached hydrogens (primary N) is 1. The molecule has 0 aliphatic heterocycles. The van der Waals surface area contributed by atoms with Crippen LogP contribution in [0, 0.1) is 0 Å². The van der Waals surface area contributed by atoms with E-state index in [0.717, 1.165) is 17.8 Å². The molecular formula is C13H18Cl2N2S. The molecule has 0 atom stereocenters. The summed E-state index contributed by atoms with van der Waals surface area (Å²) in [4.78, 5) is 3.37. The lowest BCUT2D eigenvalue weighted by Crippen LogP contribution is -2.10. The highest BCUT2D eigenvalue weighted by atomic mass is 35.5. The number of thiophene rings is 1. The standard InChI is InChI=1S/C13H16N2S.2ClH/c1-15(2)9-10-5-6-11(12(14)8-10)13-4-3-7-16-13;;/h3-8H,9,14H2,1-2H3;2*1H. The summed E-state index contributed by atoms with van der Waals surface area (Å²) in [5.74, 6) is 0. The van der Waals surface area contributed by atoms with Crippen LogP contribution in [-0.2, 0) is 6.54 Å². The molecular weight excluding hydrogens is 287 g/mol. The largest absolute Gasteiger partial charge is 0.398 e. The lowest BCUT2D eigenvalue weighted by Gasteiger charge is -2.11. The van der Waals surface area contributed by atoms with E-state index in [-0.39, 0.29) is 24.8 Å². The van der Waals surface area contributed by atoms with Crippen LogP contribution in [0.4, 0.5) is 5.69 Å². The minimum Gasteiger partial charge on any atom is -0.398 e. The van der Waals surface area contributed by atoms with Crippen molar-refractivity contribution >= 4 is 41.8 Å². The highest BCUT2D eigenvalue weighted by molar-refractivity contribution is 7.13. The quantitative estimate of drug-likeness (QED) is 0.871. The minimum absolute atomic E-state index is 0. The van der Waals surface area contributed by atoms with Gasteiger partial charge in [-0.25, -0.2) is 0 Å². The predicted octanol–water partition coefficient (Wildman–Crippen LogP) is 3.90. The van der Waals surface area contributed by atoms with Crippen LogP contribution in [0.25, 0.3) is 10.4 Å². The second-order valence-corrected chi connectivity index (χ2v) is 5.08. The monoisotopic (exact) mass is 304 g/mol. The maximum Gasteiger partial charge on any atom is 0.0405 e. The second-order valence-electron chi connectivity index (χ2n) is 4.14. The summed E-state index contributed by atoms with van der Waals surface area (Å²) in [6.45, 7) is 0.926. The van der Waals surface area contributed by atoms with Gasteiger partial charge >= 0.3 is 0 Å². The van der Waals surface area contributed by atoms with E-state index in [4.69, 9.17) is 5.73 Å². The summed E-state index contributed by atoms with van der Waals surface area (Å²) in [6, 6.07) is 10.5. The molecule has 1 heterocycles. The van der Waals surface area contributed by atoms with Gasteiger partial charge in [0.2, 0.25) is 0 Å². The fourth-order valence-corrected chi connectivity index (χ4v) is 2.51. The van der Waals surface area contributed by atoms with Crippen LogP contribution >= 0.6 is 36.2 Å². The predicted molar refractivity (Wildman–Crippen MR) is 86.1 cm³/mol. The average molecular weight is 305 g/mol. The topological polar surface area (TPSA) is 29.3 Å². The van der Waals surface area contributed by atoms with Gasteiger partial charge in [-0.2, -0.15) is 0 Å². The average Bonchev–Trinajstić information content (AvgIpc) is 2.69. The summed E-state index contributed by atoms with van der Waals surface area (Å²) in [6.07, 6.45) is 0. The number of nitrogen functional groups attached to an aromatic ring is 1. The molecule has 1 aromatic heterocycles. The number of nitrogens with zero attached hydrogens (tertiary/aromatic N) is 1. The van der Waals surface area contributed by atoms with Crippen molar-refractivity contribution in [1.29, 1.82) is 0 Å². The van der Waals surface area contributed by atoms with Crippen molar-refractivity contribution in [2.24, 2.45) is 0 Å². The van der Waals surface area contributed by atoms with Gasteiger partial charge in [0.25, 0.3) is 0 Å². The molecule has 0 spiro atoms. The van der Waals surface area contributed by atoms with Crippen molar-refractivity contribution in [2.45, 2.75) is 6.54 Å². The van der Waals surface area contributed by atoms with Crippen LogP contribution in [0.2, 0.25) is 0 Å². The SMILES string of the molecule is CN(C)Cc1ccc(-c2cccs2)c(N)c1.Cl.Cl. The second kappa shape index (κ2) is 7.64. The van der Waals surface area contributed by atoms with Gasteiger partial charge in [0.15, 0.2) is 0 Å². The fourth-order valence-electron chi connectivity index (χ4n) is 1.73. The van der Waals surface area contributed by atoms with E-state index in [1.54, 1.807) is 11.3 Å². The van der Waals surface area contributed by atoms with E-state index in [0.29, 0.717) is 0 Å².